The van der Waals surface area contributed by atoms with Crippen molar-refractivity contribution in [3.63, 3.8) is 0 Å². The van der Waals surface area contributed by atoms with Crippen LogP contribution in [0.15, 0.2) is 29.3 Å². The SMILES string of the molecule is CC1=NC(CN2CCN(c3ccc(C(F)(F)F)cc3)CC2)N(F)C1. The summed E-state index contributed by atoms with van der Waals surface area (Å²) in [7, 11) is 0. The third kappa shape index (κ3) is 3.87. The quantitative estimate of drug-likeness (QED) is 0.622. The third-order valence-corrected chi connectivity index (χ3v) is 4.43. The molecule has 1 atom stereocenters. The van der Waals surface area contributed by atoms with Gasteiger partial charge in [-0.3, -0.25) is 9.89 Å². The Morgan fingerprint density at radius 1 is 1.08 bits per heavy atom. The average molecular weight is 344 g/mol. The summed E-state index contributed by atoms with van der Waals surface area (Å²) in [4.78, 5) is 8.47. The van der Waals surface area contributed by atoms with E-state index in [1.165, 1.54) is 12.1 Å². The van der Waals surface area contributed by atoms with E-state index in [-0.39, 0.29) is 6.54 Å². The van der Waals surface area contributed by atoms with E-state index >= 15 is 0 Å². The molecular weight excluding hydrogens is 324 g/mol. The third-order valence-electron chi connectivity index (χ3n) is 4.43. The van der Waals surface area contributed by atoms with Crippen LogP contribution in [0.3, 0.4) is 0 Å². The van der Waals surface area contributed by atoms with Gasteiger partial charge in [-0.25, -0.2) is 0 Å². The van der Waals surface area contributed by atoms with E-state index in [0.29, 0.717) is 19.6 Å². The fourth-order valence-corrected chi connectivity index (χ4v) is 3.09. The highest BCUT2D eigenvalue weighted by Gasteiger charge is 2.31. The van der Waals surface area contributed by atoms with Crippen molar-refractivity contribution >= 4 is 11.4 Å². The van der Waals surface area contributed by atoms with Gasteiger partial charge in [-0.1, -0.05) is 0 Å². The topological polar surface area (TPSA) is 22.1 Å². The van der Waals surface area contributed by atoms with Crippen LogP contribution >= 0.6 is 0 Å². The summed E-state index contributed by atoms with van der Waals surface area (Å²) in [6, 6.07) is 5.23. The van der Waals surface area contributed by atoms with Crippen LogP contribution in [0.5, 0.6) is 0 Å². The lowest BCUT2D eigenvalue weighted by Gasteiger charge is -2.37. The molecule has 4 nitrogen and oxygen atoms in total. The minimum Gasteiger partial charge on any atom is -0.369 e. The van der Waals surface area contributed by atoms with Crippen LogP contribution in [-0.2, 0) is 6.18 Å². The summed E-state index contributed by atoms with van der Waals surface area (Å²) >= 11 is 0. The summed E-state index contributed by atoms with van der Waals surface area (Å²) in [5.41, 5.74) is 0.942. The van der Waals surface area contributed by atoms with E-state index in [9.17, 15) is 17.7 Å². The van der Waals surface area contributed by atoms with Gasteiger partial charge in [0.15, 0.2) is 0 Å². The summed E-state index contributed by atoms with van der Waals surface area (Å²) in [6.07, 6.45) is -4.75. The smallest absolute Gasteiger partial charge is 0.369 e. The molecule has 24 heavy (non-hydrogen) atoms. The van der Waals surface area contributed by atoms with Crippen molar-refractivity contribution in [3.8, 4) is 0 Å². The zero-order valence-corrected chi connectivity index (χ0v) is 13.4. The molecule has 0 radical (unpaired) electrons. The molecule has 2 aliphatic heterocycles. The predicted molar refractivity (Wildman–Crippen MR) is 84.8 cm³/mol. The van der Waals surface area contributed by atoms with Gasteiger partial charge >= 0.3 is 6.18 Å². The lowest BCUT2D eigenvalue weighted by atomic mass is 10.1. The Labute approximate surface area is 138 Å². The van der Waals surface area contributed by atoms with Crippen molar-refractivity contribution in [1.29, 1.82) is 0 Å². The average Bonchev–Trinajstić information content (AvgIpc) is 2.85. The van der Waals surface area contributed by atoms with Crippen molar-refractivity contribution in [2.45, 2.75) is 19.3 Å². The lowest BCUT2D eigenvalue weighted by Crippen LogP contribution is -2.49. The van der Waals surface area contributed by atoms with Gasteiger partial charge in [-0.15, -0.1) is 9.60 Å². The molecule has 2 heterocycles. The van der Waals surface area contributed by atoms with E-state index in [4.69, 9.17) is 0 Å². The monoisotopic (exact) mass is 344 g/mol. The molecule has 3 rings (SSSR count). The number of aliphatic imine (C=N–C) groups is 1. The van der Waals surface area contributed by atoms with E-state index in [0.717, 1.165) is 41.7 Å². The van der Waals surface area contributed by atoms with E-state index < -0.39 is 17.9 Å². The first-order valence-corrected chi connectivity index (χ1v) is 7.93. The number of piperazine rings is 1. The van der Waals surface area contributed by atoms with Crippen molar-refractivity contribution in [2.24, 2.45) is 4.99 Å². The van der Waals surface area contributed by atoms with Crippen molar-refractivity contribution < 1.29 is 17.7 Å². The number of alkyl halides is 3. The second kappa shape index (κ2) is 6.68. The van der Waals surface area contributed by atoms with Gasteiger partial charge in [0.25, 0.3) is 0 Å². The first kappa shape index (κ1) is 17.2. The maximum atomic E-state index is 13.7. The van der Waals surface area contributed by atoms with Gasteiger partial charge < -0.3 is 4.90 Å². The van der Waals surface area contributed by atoms with Gasteiger partial charge in [0, 0.05) is 44.1 Å². The largest absolute Gasteiger partial charge is 0.416 e. The van der Waals surface area contributed by atoms with Crippen LogP contribution in [0.2, 0.25) is 0 Å². The van der Waals surface area contributed by atoms with Crippen molar-refractivity contribution in [1.82, 2.24) is 10.0 Å². The Bertz CT molecular complexity index is 591. The molecular formula is C16H20F4N4. The number of nitrogens with zero attached hydrogens (tertiary/aromatic N) is 4. The number of hydrogen-bond acceptors (Lipinski definition) is 4. The molecule has 132 valence electrons. The first-order chi connectivity index (χ1) is 11.3. The molecule has 0 bridgehead atoms. The molecule has 0 aromatic heterocycles. The molecule has 0 amide bonds. The Kier molecular flexibility index (Phi) is 4.78. The number of hydrogen-bond donors (Lipinski definition) is 0. The molecule has 8 heteroatoms. The van der Waals surface area contributed by atoms with Crippen molar-refractivity contribution in [2.75, 3.05) is 44.2 Å². The molecule has 1 aromatic carbocycles. The van der Waals surface area contributed by atoms with E-state index in [1.54, 1.807) is 0 Å². The molecule has 1 fully saturated rings. The molecule has 0 aliphatic carbocycles. The molecule has 1 aromatic rings. The van der Waals surface area contributed by atoms with Gasteiger partial charge in [-0.05, 0) is 31.2 Å². The zero-order valence-electron chi connectivity index (χ0n) is 13.4. The van der Waals surface area contributed by atoms with Crippen LogP contribution in [0.4, 0.5) is 23.3 Å². The fraction of sp³-hybridized carbons (Fsp3) is 0.562. The Morgan fingerprint density at radius 2 is 1.71 bits per heavy atom. The normalized spacial score (nSPS) is 23.6. The zero-order chi connectivity index (χ0) is 17.3. The maximum Gasteiger partial charge on any atom is 0.416 e. The van der Waals surface area contributed by atoms with Gasteiger partial charge in [0.1, 0.15) is 6.17 Å². The minimum absolute atomic E-state index is 0.260. The second-order valence-electron chi connectivity index (χ2n) is 6.24. The summed E-state index contributed by atoms with van der Waals surface area (Å²) in [5, 5.41) is 0.748. The molecule has 0 spiro atoms. The molecule has 2 aliphatic rings. The lowest BCUT2D eigenvalue weighted by molar-refractivity contribution is -0.137. The Balaban J connectivity index is 1.53. The Hall–Kier alpha value is -1.67. The first-order valence-electron chi connectivity index (χ1n) is 7.93. The second-order valence-corrected chi connectivity index (χ2v) is 6.24. The van der Waals surface area contributed by atoms with E-state index in [2.05, 4.69) is 9.89 Å². The number of anilines is 1. The standard InChI is InChI=1S/C16H20F4N4/c1-12-10-24(20)15(21-12)11-22-6-8-23(9-7-22)14-4-2-13(3-5-14)16(17,18)19/h2-5,15H,6-11H2,1H3. The number of benzene rings is 1. The predicted octanol–water partition coefficient (Wildman–Crippen LogP) is 2.81. The summed E-state index contributed by atoms with van der Waals surface area (Å²) in [6.45, 7) is 5.49. The van der Waals surface area contributed by atoms with Gasteiger partial charge in [0.05, 0.1) is 12.1 Å². The van der Waals surface area contributed by atoms with Crippen LogP contribution in [0.25, 0.3) is 0 Å². The summed E-state index contributed by atoms with van der Waals surface area (Å²) in [5.74, 6) is 0. The van der Waals surface area contributed by atoms with Crippen molar-refractivity contribution in [3.05, 3.63) is 29.8 Å². The summed E-state index contributed by atoms with van der Waals surface area (Å²) < 4.78 is 51.5. The maximum absolute atomic E-state index is 13.7. The highest BCUT2D eigenvalue weighted by Crippen LogP contribution is 2.30. The van der Waals surface area contributed by atoms with Gasteiger partial charge in [0.2, 0.25) is 0 Å². The van der Waals surface area contributed by atoms with Crippen LogP contribution in [-0.4, -0.2) is 61.2 Å². The number of rotatable bonds is 3. The molecule has 0 N–H and O–H groups in total. The molecule has 0 saturated carbocycles. The highest BCUT2D eigenvalue weighted by molar-refractivity contribution is 5.85. The van der Waals surface area contributed by atoms with Crippen LogP contribution in [0.1, 0.15) is 12.5 Å². The highest BCUT2D eigenvalue weighted by atomic mass is 19.4. The van der Waals surface area contributed by atoms with E-state index in [1.807, 2.05) is 11.8 Å². The Morgan fingerprint density at radius 3 is 2.21 bits per heavy atom. The number of halogens is 4. The minimum atomic E-state index is -4.31. The fourth-order valence-electron chi connectivity index (χ4n) is 3.09. The van der Waals surface area contributed by atoms with Crippen LogP contribution in [0, 0.1) is 0 Å². The van der Waals surface area contributed by atoms with Gasteiger partial charge in [-0.2, -0.15) is 13.2 Å². The van der Waals surface area contributed by atoms with Crippen LogP contribution < -0.4 is 4.90 Å². The molecule has 1 saturated heterocycles. The molecule has 1 unspecified atom stereocenters.